The van der Waals surface area contributed by atoms with E-state index in [0.29, 0.717) is 11.6 Å². The fourth-order valence-corrected chi connectivity index (χ4v) is 1.78. The third kappa shape index (κ3) is 3.04. The maximum atomic E-state index is 13.7. The minimum atomic E-state index is -0.560. The number of halogens is 2. The molecule has 0 bridgehead atoms. The topological polar surface area (TPSA) is 33.0 Å². The van der Waals surface area contributed by atoms with Crippen LogP contribution in [-0.4, -0.2) is 0 Å². The first-order chi connectivity index (χ1) is 9.13. The first-order valence-corrected chi connectivity index (χ1v) is 6.20. The second kappa shape index (κ2) is 5.73. The fraction of sp³-hybridized carbons (Fsp3) is 0.133. The Balaban J connectivity index is 2.33. The van der Waals surface area contributed by atoms with Gasteiger partial charge >= 0.3 is 0 Å². The lowest BCUT2D eigenvalue weighted by molar-refractivity contribution is 0.439. The van der Waals surface area contributed by atoms with Gasteiger partial charge in [-0.05, 0) is 42.3 Å². The maximum Gasteiger partial charge on any atom is 0.167 e. The maximum absolute atomic E-state index is 13.7. The molecular formula is C15H11ClFNO. The minimum Gasteiger partial charge on any atom is -0.454 e. The summed E-state index contributed by atoms with van der Waals surface area (Å²) in [6.07, 6.45) is 0. The molecule has 0 radical (unpaired) electrons. The van der Waals surface area contributed by atoms with E-state index in [1.807, 2.05) is 25.1 Å². The average Bonchev–Trinajstić information content (AvgIpc) is 2.43. The van der Waals surface area contributed by atoms with Crippen molar-refractivity contribution in [2.75, 3.05) is 0 Å². The van der Waals surface area contributed by atoms with Gasteiger partial charge in [-0.3, -0.25) is 0 Å². The molecule has 0 aliphatic rings. The number of ether oxygens (including phenoxy) is 1. The lowest BCUT2D eigenvalue weighted by atomic mass is 10.1. The van der Waals surface area contributed by atoms with Gasteiger partial charge in [0.15, 0.2) is 11.6 Å². The number of nitrogens with zero attached hydrogens (tertiary/aromatic N) is 1. The Hall–Kier alpha value is -2.05. The number of nitriles is 1. The predicted octanol–water partition coefficient (Wildman–Crippen LogP) is 4.54. The monoisotopic (exact) mass is 275 g/mol. The molecule has 0 saturated heterocycles. The summed E-state index contributed by atoms with van der Waals surface area (Å²) in [5.74, 6) is 0.456. The largest absolute Gasteiger partial charge is 0.454 e. The van der Waals surface area contributed by atoms with Crippen molar-refractivity contribution in [3.63, 3.8) is 0 Å². The normalized spacial score (nSPS) is 10.0. The molecule has 0 N–H and O–H groups in total. The Morgan fingerprint density at radius 2 is 2.00 bits per heavy atom. The molecule has 0 saturated carbocycles. The number of hydrogen-bond donors (Lipinski definition) is 0. The third-order valence-electron chi connectivity index (χ3n) is 2.69. The molecule has 2 aromatic rings. The Labute approximate surface area is 116 Å². The Morgan fingerprint density at radius 1 is 1.21 bits per heavy atom. The van der Waals surface area contributed by atoms with Gasteiger partial charge in [0.2, 0.25) is 0 Å². The van der Waals surface area contributed by atoms with E-state index in [2.05, 4.69) is 0 Å². The molecule has 4 heteroatoms. The van der Waals surface area contributed by atoms with Gasteiger partial charge < -0.3 is 4.74 Å². The zero-order valence-electron chi connectivity index (χ0n) is 10.3. The lowest BCUT2D eigenvalue weighted by Gasteiger charge is -2.10. The van der Waals surface area contributed by atoms with Gasteiger partial charge in [-0.2, -0.15) is 5.26 Å². The molecule has 19 heavy (non-hydrogen) atoms. The summed E-state index contributed by atoms with van der Waals surface area (Å²) in [5, 5.41) is 8.68. The molecule has 2 rings (SSSR count). The fourth-order valence-electron chi connectivity index (χ4n) is 1.61. The van der Waals surface area contributed by atoms with E-state index >= 15 is 0 Å². The van der Waals surface area contributed by atoms with Gasteiger partial charge in [0, 0.05) is 5.88 Å². The molecule has 0 aliphatic carbocycles. The molecular weight excluding hydrogens is 265 g/mol. The van der Waals surface area contributed by atoms with Crippen LogP contribution in [0.15, 0.2) is 36.4 Å². The highest BCUT2D eigenvalue weighted by Crippen LogP contribution is 2.29. The van der Waals surface area contributed by atoms with Crippen LogP contribution < -0.4 is 4.74 Å². The van der Waals surface area contributed by atoms with E-state index in [9.17, 15) is 4.39 Å². The van der Waals surface area contributed by atoms with Gasteiger partial charge in [0.25, 0.3) is 0 Å². The molecule has 0 amide bonds. The molecule has 2 aromatic carbocycles. The van der Waals surface area contributed by atoms with Gasteiger partial charge in [-0.25, -0.2) is 4.39 Å². The first-order valence-electron chi connectivity index (χ1n) is 5.67. The molecule has 0 spiro atoms. The first kappa shape index (κ1) is 13.4. The highest BCUT2D eigenvalue weighted by Gasteiger charge is 2.08. The van der Waals surface area contributed by atoms with E-state index in [0.717, 1.165) is 17.2 Å². The van der Waals surface area contributed by atoms with Crippen LogP contribution >= 0.6 is 11.6 Å². The standard InChI is InChI=1S/C15H11ClFNO/c1-10-2-3-11(8-16)7-15(10)19-14-5-4-12(9-18)6-13(14)17/h2-7H,8H2,1H3. The van der Waals surface area contributed by atoms with Gasteiger partial charge in [0.1, 0.15) is 5.75 Å². The summed E-state index contributed by atoms with van der Waals surface area (Å²) in [6.45, 7) is 1.87. The summed E-state index contributed by atoms with van der Waals surface area (Å²) < 4.78 is 19.3. The average molecular weight is 276 g/mol. The van der Waals surface area contributed by atoms with E-state index < -0.39 is 5.82 Å². The number of hydrogen-bond acceptors (Lipinski definition) is 2. The van der Waals surface area contributed by atoms with Crippen LogP contribution in [-0.2, 0) is 5.88 Å². The number of alkyl halides is 1. The van der Waals surface area contributed by atoms with Crippen LogP contribution in [0.3, 0.4) is 0 Å². The summed E-state index contributed by atoms with van der Waals surface area (Å²) in [7, 11) is 0. The van der Waals surface area contributed by atoms with Crippen molar-refractivity contribution in [2.24, 2.45) is 0 Å². The smallest absolute Gasteiger partial charge is 0.167 e. The Bertz CT molecular complexity index is 649. The lowest BCUT2D eigenvalue weighted by Crippen LogP contribution is -1.92. The molecule has 0 fully saturated rings. The second-order valence-electron chi connectivity index (χ2n) is 4.09. The highest BCUT2D eigenvalue weighted by atomic mass is 35.5. The zero-order valence-corrected chi connectivity index (χ0v) is 11.0. The number of rotatable bonds is 3. The molecule has 0 atom stereocenters. The van der Waals surface area contributed by atoms with Crippen molar-refractivity contribution < 1.29 is 9.13 Å². The minimum absolute atomic E-state index is 0.0915. The van der Waals surface area contributed by atoms with Crippen LogP contribution in [0.5, 0.6) is 11.5 Å². The molecule has 0 aliphatic heterocycles. The van der Waals surface area contributed by atoms with Crippen LogP contribution in [0.2, 0.25) is 0 Å². The predicted molar refractivity (Wildman–Crippen MR) is 71.9 cm³/mol. The van der Waals surface area contributed by atoms with E-state index in [1.165, 1.54) is 12.1 Å². The quantitative estimate of drug-likeness (QED) is 0.771. The van der Waals surface area contributed by atoms with Crippen LogP contribution in [0.4, 0.5) is 4.39 Å². The van der Waals surface area contributed by atoms with Crippen molar-refractivity contribution in [3.05, 3.63) is 58.9 Å². The van der Waals surface area contributed by atoms with Gasteiger partial charge in [-0.1, -0.05) is 12.1 Å². The number of aryl methyl sites for hydroxylation is 1. The Kier molecular flexibility index (Phi) is 4.03. The van der Waals surface area contributed by atoms with Crippen molar-refractivity contribution in [1.29, 1.82) is 5.26 Å². The highest BCUT2D eigenvalue weighted by molar-refractivity contribution is 6.17. The van der Waals surface area contributed by atoms with Crippen LogP contribution in [0, 0.1) is 24.1 Å². The van der Waals surface area contributed by atoms with Gasteiger partial charge in [0.05, 0.1) is 11.6 Å². The summed E-state index contributed by atoms with van der Waals surface area (Å²) >= 11 is 5.76. The van der Waals surface area contributed by atoms with Crippen molar-refractivity contribution >= 4 is 11.6 Å². The third-order valence-corrected chi connectivity index (χ3v) is 3.00. The zero-order chi connectivity index (χ0) is 13.8. The second-order valence-corrected chi connectivity index (χ2v) is 4.36. The SMILES string of the molecule is Cc1ccc(CCl)cc1Oc1ccc(C#N)cc1F. The van der Waals surface area contributed by atoms with Crippen LogP contribution in [0.1, 0.15) is 16.7 Å². The molecule has 0 aromatic heterocycles. The molecule has 96 valence electrons. The molecule has 0 heterocycles. The molecule has 2 nitrogen and oxygen atoms in total. The Morgan fingerprint density at radius 3 is 2.63 bits per heavy atom. The summed E-state index contributed by atoms with van der Waals surface area (Å²) in [4.78, 5) is 0. The molecule has 0 unspecified atom stereocenters. The van der Waals surface area contributed by atoms with Crippen LogP contribution in [0.25, 0.3) is 0 Å². The number of benzene rings is 2. The van der Waals surface area contributed by atoms with Crippen molar-refractivity contribution in [1.82, 2.24) is 0 Å². The summed E-state index contributed by atoms with van der Waals surface area (Å²) in [5.41, 5.74) is 2.05. The van der Waals surface area contributed by atoms with E-state index in [-0.39, 0.29) is 11.3 Å². The van der Waals surface area contributed by atoms with E-state index in [4.69, 9.17) is 21.6 Å². The van der Waals surface area contributed by atoms with Crippen molar-refractivity contribution in [2.45, 2.75) is 12.8 Å². The van der Waals surface area contributed by atoms with Gasteiger partial charge in [-0.15, -0.1) is 11.6 Å². The van der Waals surface area contributed by atoms with Crippen molar-refractivity contribution in [3.8, 4) is 17.6 Å². The summed E-state index contributed by atoms with van der Waals surface area (Å²) in [6, 6.07) is 11.5. The van der Waals surface area contributed by atoms with E-state index in [1.54, 1.807) is 6.07 Å².